The minimum absolute atomic E-state index is 0.00297. The van der Waals surface area contributed by atoms with Gasteiger partial charge in [0.1, 0.15) is 0 Å². The molecule has 0 spiro atoms. The number of rotatable bonds is 4. The van der Waals surface area contributed by atoms with Gasteiger partial charge in [-0.3, -0.25) is 0 Å². The molecular formula is C33H28ClF3O4S2. The standard InChI is InChI=1S/C33H28ClF3O4S2/c1-32(43(40,41)25-8-5-7-23(17-25)33(35,36)37)19-22(27-15-12-24(34)18-30(27)42(2,38)39)16-21-11-13-28-26-9-4-3-6-20(26)10-14-29(28)31(21)32/h3-15,17-18,21-22,31H,16,19H2,1-2H3. The molecule has 6 rings (SSSR count). The van der Waals surface area contributed by atoms with Crippen LogP contribution in [0, 0.1) is 5.92 Å². The smallest absolute Gasteiger partial charge is 0.224 e. The van der Waals surface area contributed by atoms with Crippen LogP contribution in [-0.4, -0.2) is 27.8 Å². The predicted molar refractivity (Wildman–Crippen MR) is 163 cm³/mol. The molecule has 0 bridgehead atoms. The number of allylic oxidation sites excluding steroid dienone is 1. The topological polar surface area (TPSA) is 68.3 Å². The molecule has 2 aliphatic carbocycles. The summed E-state index contributed by atoms with van der Waals surface area (Å²) in [5.74, 6) is -1.46. The second-order valence-corrected chi connectivity index (χ2v) is 16.6. The molecule has 0 radical (unpaired) electrons. The highest BCUT2D eigenvalue weighted by Crippen LogP contribution is 2.58. The number of halogens is 4. The molecule has 4 atom stereocenters. The van der Waals surface area contributed by atoms with E-state index in [0.717, 1.165) is 40.3 Å². The molecule has 0 aromatic heterocycles. The number of hydrogen-bond acceptors (Lipinski definition) is 4. The van der Waals surface area contributed by atoms with Gasteiger partial charge in [0, 0.05) is 17.2 Å². The largest absolute Gasteiger partial charge is 0.416 e. The van der Waals surface area contributed by atoms with Gasteiger partial charge in [-0.1, -0.05) is 72.3 Å². The number of hydrogen-bond donors (Lipinski definition) is 0. The Labute approximate surface area is 254 Å². The summed E-state index contributed by atoms with van der Waals surface area (Å²) >= 11 is 6.17. The van der Waals surface area contributed by atoms with Crippen molar-refractivity contribution in [3.05, 3.63) is 112 Å². The molecular weight excluding hydrogens is 617 g/mol. The van der Waals surface area contributed by atoms with Crippen LogP contribution in [0.15, 0.2) is 94.7 Å². The van der Waals surface area contributed by atoms with E-state index in [9.17, 15) is 30.0 Å². The predicted octanol–water partition coefficient (Wildman–Crippen LogP) is 8.45. The van der Waals surface area contributed by atoms with Gasteiger partial charge in [-0.05, 0) is 89.4 Å². The summed E-state index contributed by atoms with van der Waals surface area (Å²) in [6.45, 7) is 1.60. The molecule has 1 fully saturated rings. The summed E-state index contributed by atoms with van der Waals surface area (Å²) in [5, 5.41) is 2.17. The molecule has 0 heterocycles. The Bertz CT molecular complexity index is 2020. The molecule has 4 unspecified atom stereocenters. The monoisotopic (exact) mass is 644 g/mol. The van der Waals surface area contributed by atoms with E-state index in [1.54, 1.807) is 19.1 Å². The Balaban J connectivity index is 1.59. The van der Waals surface area contributed by atoms with E-state index in [2.05, 4.69) is 0 Å². The molecule has 4 aromatic rings. The summed E-state index contributed by atoms with van der Waals surface area (Å²) in [6.07, 6.45) is 0.757. The lowest BCUT2D eigenvalue weighted by molar-refractivity contribution is -0.137. The Morgan fingerprint density at radius 3 is 2.33 bits per heavy atom. The van der Waals surface area contributed by atoms with Gasteiger partial charge >= 0.3 is 6.18 Å². The molecule has 1 saturated carbocycles. The lowest BCUT2D eigenvalue weighted by Crippen LogP contribution is -2.50. The highest BCUT2D eigenvalue weighted by Gasteiger charge is 2.56. The molecule has 224 valence electrons. The van der Waals surface area contributed by atoms with Crippen molar-refractivity contribution < 1.29 is 30.0 Å². The molecule has 0 aliphatic heterocycles. The van der Waals surface area contributed by atoms with Crippen LogP contribution < -0.4 is 0 Å². The van der Waals surface area contributed by atoms with Gasteiger partial charge in [-0.15, -0.1) is 0 Å². The first-order chi connectivity index (χ1) is 20.1. The van der Waals surface area contributed by atoms with E-state index in [0.29, 0.717) is 18.1 Å². The summed E-state index contributed by atoms with van der Waals surface area (Å²) < 4.78 is 94.6. The van der Waals surface area contributed by atoms with Crippen molar-refractivity contribution in [1.29, 1.82) is 0 Å². The first kappa shape index (κ1) is 29.9. The summed E-state index contributed by atoms with van der Waals surface area (Å²) in [6, 6.07) is 20.1. The quantitative estimate of drug-likeness (QED) is 0.224. The van der Waals surface area contributed by atoms with E-state index in [1.165, 1.54) is 12.1 Å². The summed E-state index contributed by atoms with van der Waals surface area (Å²) in [5.41, 5.74) is 1.09. The maximum Gasteiger partial charge on any atom is 0.416 e. The number of sulfone groups is 2. The molecule has 0 N–H and O–H groups in total. The van der Waals surface area contributed by atoms with Crippen molar-refractivity contribution in [3.8, 4) is 0 Å². The van der Waals surface area contributed by atoms with Crippen molar-refractivity contribution in [2.24, 2.45) is 5.92 Å². The highest BCUT2D eigenvalue weighted by molar-refractivity contribution is 7.93. The Morgan fingerprint density at radius 2 is 1.60 bits per heavy atom. The van der Waals surface area contributed by atoms with E-state index >= 15 is 0 Å². The van der Waals surface area contributed by atoms with Crippen LogP contribution in [0.3, 0.4) is 0 Å². The summed E-state index contributed by atoms with van der Waals surface area (Å²) in [7, 11) is -8.15. The lowest BCUT2D eigenvalue weighted by atomic mass is 9.61. The van der Waals surface area contributed by atoms with Gasteiger partial charge in [0.2, 0.25) is 0 Å². The average molecular weight is 645 g/mol. The van der Waals surface area contributed by atoms with Crippen molar-refractivity contribution in [3.63, 3.8) is 0 Å². The molecule has 4 aromatic carbocycles. The molecule has 10 heteroatoms. The van der Waals surface area contributed by atoms with Gasteiger partial charge in [0.05, 0.1) is 20.1 Å². The van der Waals surface area contributed by atoms with Crippen molar-refractivity contribution in [1.82, 2.24) is 0 Å². The van der Waals surface area contributed by atoms with Crippen molar-refractivity contribution in [2.45, 2.75) is 52.3 Å². The van der Waals surface area contributed by atoms with E-state index in [1.807, 2.05) is 48.6 Å². The molecule has 4 nitrogen and oxygen atoms in total. The van der Waals surface area contributed by atoms with Gasteiger partial charge in [-0.2, -0.15) is 13.2 Å². The van der Waals surface area contributed by atoms with Crippen molar-refractivity contribution >= 4 is 48.1 Å². The third-order valence-corrected chi connectivity index (χ3v) is 13.0. The fraction of sp³-hybridized carbons (Fsp3) is 0.273. The normalized spacial score (nSPS) is 24.0. The maximum absolute atomic E-state index is 14.7. The minimum Gasteiger partial charge on any atom is -0.224 e. The Kier molecular flexibility index (Phi) is 7.10. The van der Waals surface area contributed by atoms with Crippen LogP contribution in [0.1, 0.15) is 53.9 Å². The van der Waals surface area contributed by atoms with Crippen LogP contribution in [-0.2, 0) is 25.9 Å². The van der Waals surface area contributed by atoms with Crippen LogP contribution in [0.2, 0.25) is 5.02 Å². The first-order valence-corrected chi connectivity index (χ1v) is 17.5. The van der Waals surface area contributed by atoms with Crippen LogP contribution >= 0.6 is 11.6 Å². The Hall–Kier alpha value is -3.14. The maximum atomic E-state index is 14.7. The fourth-order valence-electron chi connectivity index (χ4n) is 7.14. The first-order valence-electron chi connectivity index (χ1n) is 13.7. The minimum atomic E-state index is -4.73. The van der Waals surface area contributed by atoms with Gasteiger partial charge in [-0.25, -0.2) is 16.8 Å². The third kappa shape index (κ3) is 4.99. The zero-order chi connectivity index (χ0) is 30.9. The number of benzene rings is 4. The molecule has 2 aliphatic rings. The number of fused-ring (bicyclic) bond motifs is 5. The zero-order valence-electron chi connectivity index (χ0n) is 23.3. The second-order valence-electron chi connectivity index (χ2n) is 11.7. The van der Waals surface area contributed by atoms with E-state index in [-0.39, 0.29) is 22.3 Å². The zero-order valence-corrected chi connectivity index (χ0v) is 25.7. The average Bonchev–Trinajstić information content (AvgIpc) is 2.95. The van der Waals surface area contributed by atoms with E-state index in [4.69, 9.17) is 11.6 Å². The van der Waals surface area contributed by atoms with Gasteiger partial charge < -0.3 is 0 Å². The Morgan fingerprint density at radius 1 is 0.884 bits per heavy atom. The third-order valence-electron chi connectivity index (χ3n) is 9.04. The van der Waals surface area contributed by atoms with Crippen LogP contribution in [0.5, 0.6) is 0 Å². The van der Waals surface area contributed by atoms with E-state index < -0.39 is 52.9 Å². The SMILES string of the molecule is CC1(S(=O)(=O)c2cccc(C(F)(F)F)c2)CC(c2ccc(Cl)cc2S(C)(=O)=O)CC2C=Cc3c(ccc4ccccc34)C21. The van der Waals surface area contributed by atoms with Gasteiger partial charge in [0.25, 0.3) is 0 Å². The van der Waals surface area contributed by atoms with Crippen molar-refractivity contribution in [2.75, 3.05) is 6.26 Å². The second kappa shape index (κ2) is 10.2. The highest BCUT2D eigenvalue weighted by atomic mass is 35.5. The molecule has 43 heavy (non-hydrogen) atoms. The molecule has 0 saturated heterocycles. The fourth-order valence-corrected chi connectivity index (χ4v) is 10.5. The van der Waals surface area contributed by atoms with Gasteiger partial charge in [0.15, 0.2) is 19.7 Å². The summed E-state index contributed by atoms with van der Waals surface area (Å²) in [4.78, 5) is -0.394. The molecule has 0 amide bonds. The van der Waals surface area contributed by atoms with Crippen LogP contribution in [0.25, 0.3) is 16.8 Å². The lowest BCUT2D eigenvalue weighted by Gasteiger charge is -2.50. The van der Waals surface area contributed by atoms with Crippen LogP contribution in [0.4, 0.5) is 13.2 Å². The number of alkyl halides is 3.